The predicted octanol–water partition coefficient (Wildman–Crippen LogP) is 3.49. The van der Waals surface area contributed by atoms with E-state index < -0.39 is 10.8 Å². The van der Waals surface area contributed by atoms with E-state index in [1.807, 2.05) is 12.1 Å². The molecule has 148 valence electrons. The summed E-state index contributed by atoms with van der Waals surface area (Å²) in [4.78, 5) is 22.5. The first-order valence-corrected chi connectivity index (χ1v) is 8.74. The van der Waals surface area contributed by atoms with Crippen LogP contribution in [-0.4, -0.2) is 23.1 Å². The second-order valence-corrected chi connectivity index (χ2v) is 6.11. The van der Waals surface area contributed by atoms with Crippen LogP contribution in [0, 0.1) is 10.1 Å². The van der Waals surface area contributed by atoms with E-state index in [1.165, 1.54) is 25.3 Å². The summed E-state index contributed by atoms with van der Waals surface area (Å²) in [6.45, 7) is 0. The Balaban J connectivity index is 1.59. The average Bonchev–Trinajstić information content (AvgIpc) is 3.23. The van der Waals surface area contributed by atoms with Crippen molar-refractivity contribution in [3.05, 3.63) is 76.5 Å². The van der Waals surface area contributed by atoms with Gasteiger partial charge in [0.15, 0.2) is 10.9 Å². The molecule has 0 saturated heterocycles. The number of furan rings is 1. The molecule has 29 heavy (non-hydrogen) atoms. The molecule has 3 rings (SSSR count). The molecule has 3 N–H and O–H groups in total. The van der Waals surface area contributed by atoms with Crippen LogP contribution in [0.15, 0.2) is 65.1 Å². The number of amides is 1. The molecule has 0 saturated carbocycles. The molecule has 0 aliphatic heterocycles. The van der Waals surface area contributed by atoms with Gasteiger partial charge >= 0.3 is 5.91 Å². The molecule has 0 unspecified atom stereocenters. The number of hydrogen-bond acceptors (Lipinski definition) is 6. The number of ether oxygens (including phenoxy) is 1. The molecule has 3 aromatic rings. The van der Waals surface area contributed by atoms with Gasteiger partial charge < -0.3 is 14.5 Å². The summed E-state index contributed by atoms with van der Waals surface area (Å²) in [5, 5.41) is 13.8. The van der Waals surface area contributed by atoms with Gasteiger partial charge in [-0.2, -0.15) is 0 Å². The van der Waals surface area contributed by atoms with E-state index in [9.17, 15) is 14.9 Å². The topological polar surface area (TPSA) is 119 Å². The summed E-state index contributed by atoms with van der Waals surface area (Å²) in [5.41, 5.74) is 6.23. The highest BCUT2D eigenvalue weighted by Gasteiger charge is 2.14. The first kappa shape index (κ1) is 19.8. The fourth-order valence-electron chi connectivity index (χ4n) is 2.44. The van der Waals surface area contributed by atoms with Crippen molar-refractivity contribution in [2.24, 2.45) is 0 Å². The number of hydrazine groups is 1. The molecule has 0 atom stereocenters. The molecule has 9 nitrogen and oxygen atoms in total. The van der Waals surface area contributed by atoms with Crippen molar-refractivity contribution in [2.75, 3.05) is 12.4 Å². The molecule has 0 spiro atoms. The van der Waals surface area contributed by atoms with Gasteiger partial charge in [0.1, 0.15) is 11.5 Å². The van der Waals surface area contributed by atoms with Crippen LogP contribution in [0.2, 0.25) is 0 Å². The zero-order chi connectivity index (χ0) is 20.8. The van der Waals surface area contributed by atoms with E-state index in [0.717, 1.165) is 0 Å². The molecule has 0 aliphatic carbocycles. The minimum absolute atomic E-state index is 0.0291. The maximum atomic E-state index is 12.2. The summed E-state index contributed by atoms with van der Waals surface area (Å²) in [6, 6.07) is 16.1. The van der Waals surface area contributed by atoms with Gasteiger partial charge in [0, 0.05) is 17.7 Å². The lowest BCUT2D eigenvalue weighted by molar-refractivity contribution is -0.384. The third-order valence-electron chi connectivity index (χ3n) is 3.84. The number of rotatable bonds is 5. The smallest absolute Gasteiger partial charge is 0.305 e. The van der Waals surface area contributed by atoms with Crippen molar-refractivity contribution in [1.29, 1.82) is 0 Å². The lowest BCUT2D eigenvalue weighted by Crippen LogP contribution is -2.43. The average molecular weight is 412 g/mol. The second-order valence-electron chi connectivity index (χ2n) is 5.70. The Morgan fingerprint density at radius 3 is 2.48 bits per heavy atom. The third-order valence-corrected chi connectivity index (χ3v) is 4.04. The van der Waals surface area contributed by atoms with Gasteiger partial charge in [-0.1, -0.05) is 12.1 Å². The number of benzene rings is 2. The largest absolute Gasteiger partial charge is 0.495 e. The Bertz CT molecular complexity index is 1050. The number of nitrogens with zero attached hydrogens (tertiary/aromatic N) is 1. The molecule has 0 bridgehead atoms. The number of methoxy groups -OCH3 is 1. The zero-order valence-corrected chi connectivity index (χ0v) is 16.0. The van der Waals surface area contributed by atoms with Crippen molar-refractivity contribution in [3.8, 4) is 17.1 Å². The Morgan fingerprint density at radius 2 is 1.79 bits per heavy atom. The van der Waals surface area contributed by atoms with E-state index in [2.05, 4.69) is 16.2 Å². The van der Waals surface area contributed by atoms with Gasteiger partial charge in [-0.3, -0.25) is 25.8 Å². The van der Waals surface area contributed by atoms with Crippen LogP contribution in [0.5, 0.6) is 5.75 Å². The number of nitrogens with one attached hydrogen (secondary N) is 3. The molecule has 2 aromatic carbocycles. The molecular weight excluding hydrogens is 396 g/mol. The van der Waals surface area contributed by atoms with Crippen molar-refractivity contribution in [3.63, 3.8) is 0 Å². The van der Waals surface area contributed by atoms with Crippen LogP contribution in [0.4, 0.5) is 11.4 Å². The SMILES string of the molecule is COc1ccccc1NC(=S)NNC(=O)c1ccc(-c2ccc([N+](=O)[O-])cc2)o1. The number of nitro benzene ring substituents is 1. The van der Waals surface area contributed by atoms with Gasteiger partial charge in [0.2, 0.25) is 0 Å². The van der Waals surface area contributed by atoms with Crippen molar-refractivity contribution < 1.29 is 18.9 Å². The third kappa shape index (κ3) is 4.87. The first-order chi connectivity index (χ1) is 14.0. The Labute approximate surface area is 170 Å². The second kappa shape index (κ2) is 8.85. The number of hydrogen-bond donors (Lipinski definition) is 3. The van der Waals surface area contributed by atoms with E-state index >= 15 is 0 Å². The summed E-state index contributed by atoms with van der Waals surface area (Å²) in [7, 11) is 1.54. The van der Waals surface area contributed by atoms with Crippen LogP contribution in [0.1, 0.15) is 10.6 Å². The van der Waals surface area contributed by atoms with Crippen LogP contribution < -0.4 is 20.9 Å². The quantitative estimate of drug-likeness (QED) is 0.331. The fourth-order valence-corrected chi connectivity index (χ4v) is 2.60. The van der Waals surface area contributed by atoms with E-state index in [1.54, 1.807) is 30.3 Å². The number of non-ortho nitro benzene ring substituents is 1. The van der Waals surface area contributed by atoms with Crippen molar-refractivity contribution in [1.82, 2.24) is 10.9 Å². The minimum Gasteiger partial charge on any atom is -0.495 e. The number of carbonyl (C=O) groups excluding carboxylic acids is 1. The van der Waals surface area contributed by atoms with Gasteiger partial charge in [0.25, 0.3) is 5.69 Å². The molecule has 1 aromatic heterocycles. The van der Waals surface area contributed by atoms with Crippen LogP contribution in [0.25, 0.3) is 11.3 Å². The van der Waals surface area contributed by atoms with Crippen LogP contribution >= 0.6 is 12.2 Å². The highest BCUT2D eigenvalue weighted by atomic mass is 32.1. The standard InChI is InChI=1S/C19H16N4O5S/c1-27-16-5-3-2-4-14(16)20-19(29)22-21-18(24)17-11-10-15(28-17)12-6-8-13(9-7-12)23(25)26/h2-11H,1H3,(H,21,24)(H2,20,22,29). The number of carbonyl (C=O) groups is 1. The summed E-state index contributed by atoms with van der Waals surface area (Å²) >= 11 is 5.15. The van der Waals surface area contributed by atoms with Crippen molar-refractivity contribution >= 4 is 34.6 Å². The summed E-state index contributed by atoms with van der Waals surface area (Å²) in [5.74, 6) is 0.509. The normalized spacial score (nSPS) is 10.1. The van der Waals surface area contributed by atoms with Gasteiger partial charge in [-0.25, -0.2) is 0 Å². The minimum atomic E-state index is -0.540. The van der Waals surface area contributed by atoms with Gasteiger partial charge in [-0.15, -0.1) is 0 Å². The number of nitro groups is 1. The Kier molecular flexibility index (Phi) is 6.05. The zero-order valence-electron chi connectivity index (χ0n) is 15.2. The molecule has 1 heterocycles. The van der Waals surface area contributed by atoms with Gasteiger partial charge in [0.05, 0.1) is 17.7 Å². The number of para-hydroxylation sites is 2. The van der Waals surface area contributed by atoms with E-state index in [4.69, 9.17) is 21.4 Å². The number of anilines is 1. The van der Waals surface area contributed by atoms with Crippen molar-refractivity contribution in [2.45, 2.75) is 0 Å². The van der Waals surface area contributed by atoms with E-state index in [0.29, 0.717) is 22.8 Å². The van der Waals surface area contributed by atoms with Crippen LogP contribution in [-0.2, 0) is 0 Å². The number of thiocarbonyl (C=S) groups is 1. The lowest BCUT2D eigenvalue weighted by Gasteiger charge is -2.13. The Morgan fingerprint density at radius 1 is 1.07 bits per heavy atom. The predicted molar refractivity (Wildman–Crippen MR) is 111 cm³/mol. The molecule has 0 fully saturated rings. The Hall–Kier alpha value is -3.92. The maximum absolute atomic E-state index is 12.2. The molecule has 0 aliphatic rings. The fraction of sp³-hybridized carbons (Fsp3) is 0.0526. The first-order valence-electron chi connectivity index (χ1n) is 8.33. The molecule has 10 heteroatoms. The highest BCUT2D eigenvalue weighted by Crippen LogP contribution is 2.25. The molecular formula is C19H16N4O5S. The molecule has 0 radical (unpaired) electrons. The summed E-state index contributed by atoms with van der Waals surface area (Å²) in [6.07, 6.45) is 0. The summed E-state index contributed by atoms with van der Waals surface area (Å²) < 4.78 is 10.7. The maximum Gasteiger partial charge on any atom is 0.305 e. The highest BCUT2D eigenvalue weighted by molar-refractivity contribution is 7.80. The lowest BCUT2D eigenvalue weighted by atomic mass is 10.1. The van der Waals surface area contributed by atoms with Crippen LogP contribution in [0.3, 0.4) is 0 Å². The molecule has 1 amide bonds. The van der Waals surface area contributed by atoms with E-state index in [-0.39, 0.29) is 16.6 Å². The monoisotopic (exact) mass is 412 g/mol. The van der Waals surface area contributed by atoms with Gasteiger partial charge in [-0.05, 0) is 48.6 Å².